The fourth-order valence-corrected chi connectivity index (χ4v) is 2.58. The summed E-state index contributed by atoms with van der Waals surface area (Å²) in [6.07, 6.45) is 3.99. The first-order valence-corrected chi connectivity index (χ1v) is 7.97. The van der Waals surface area contributed by atoms with E-state index in [1.807, 2.05) is 0 Å². The van der Waals surface area contributed by atoms with Crippen LogP contribution in [0.2, 0.25) is 0 Å². The van der Waals surface area contributed by atoms with Crippen LogP contribution < -0.4 is 4.90 Å². The van der Waals surface area contributed by atoms with Crippen LogP contribution in [0.25, 0.3) is 0 Å². The van der Waals surface area contributed by atoms with Gasteiger partial charge < -0.3 is 27.5 Å². The lowest BCUT2D eigenvalue weighted by atomic mass is 10.3. The van der Waals surface area contributed by atoms with Gasteiger partial charge in [0.2, 0.25) is 0 Å². The smallest absolute Gasteiger partial charge is 0.198 e. The lowest BCUT2D eigenvalue weighted by Gasteiger charge is -2.16. The van der Waals surface area contributed by atoms with Crippen molar-refractivity contribution in [3.05, 3.63) is 9.54 Å². The number of quaternary nitrogens is 1. The molecule has 0 unspecified atom stereocenters. The molecule has 0 radical (unpaired) electrons. The molecule has 0 aliphatic rings. The molecule has 0 saturated carbocycles. The van der Waals surface area contributed by atoms with Crippen molar-refractivity contribution in [2.45, 2.75) is 45.2 Å². The zero-order chi connectivity index (χ0) is 14.7. The third-order valence-corrected chi connectivity index (χ3v) is 3.05. The fourth-order valence-electron chi connectivity index (χ4n) is 1.81. The van der Waals surface area contributed by atoms with Gasteiger partial charge in [0.1, 0.15) is 0 Å². The highest BCUT2D eigenvalue weighted by atomic mass is 32.1. The Balaban J connectivity index is 0.000000342. The Bertz CT molecular complexity index is 399. The highest BCUT2D eigenvalue weighted by molar-refractivity contribution is 7.71. The third kappa shape index (κ3) is 10.1. The summed E-state index contributed by atoms with van der Waals surface area (Å²) < 4.78 is 0.740. The number of rotatable bonds is 6. The number of aromatic amines is 2. The van der Waals surface area contributed by atoms with Crippen molar-refractivity contribution in [2.24, 2.45) is 0 Å². The summed E-state index contributed by atoms with van der Waals surface area (Å²) in [6, 6.07) is 0. The number of H-pyrrole nitrogens is 2. The number of aromatic nitrogens is 3. The molecule has 0 fully saturated rings. The zero-order valence-electron chi connectivity index (χ0n) is 11.9. The largest absolute Gasteiger partial charge is 0.742 e. The molecule has 0 aliphatic heterocycles. The molecule has 1 rings (SSSR count). The molecule has 0 amide bonds. The Morgan fingerprint density at radius 1 is 1.00 bits per heavy atom. The average molecular weight is 321 g/mol. The molecule has 0 aromatic carbocycles. The molecular weight excluding hydrogens is 296 g/mol. The Kier molecular flexibility index (Phi) is 11.2. The van der Waals surface area contributed by atoms with E-state index in [-0.39, 0.29) is 0 Å². The lowest BCUT2D eigenvalue weighted by molar-refractivity contribution is -0.900. The standard InChI is InChI=1S/C9H21N.C3H3N3S3/c1-4-7-10(8-5-2)9-6-3;7-1-4-2(8)6-3(9)5-1/h4-9H2,1-3H3;(H3,4,5,6,7,8,9). The summed E-state index contributed by atoms with van der Waals surface area (Å²) in [4.78, 5) is 10.7. The molecule has 3 N–H and O–H groups in total. The van der Waals surface area contributed by atoms with Gasteiger partial charge in [-0.1, -0.05) is 20.8 Å². The Morgan fingerprint density at radius 2 is 1.47 bits per heavy atom. The predicted octanol–water partition coefficient (Wildman–Crippen LogP) is 2.20. The van der Waals surface area contributed by atoms with Gasteiger partial charge in [-0.2, -0.15) is 0 Å². The molecule has 0 bridgehead atoms. The first kappa shape index (κ1) is 18.6. The molecule has 0 atom stereocenters. The monoisotopic (exact) mass is 320 g/mol. The highest BCUT2D eigenvalue weighted by Gasteiger charge is 2.01. The molecule has 0 aliphatic carbocycles. The van der Waals surface area contributed by atoms with E-state index in [1.165, 1.54) is 38.9 Å². The van der Waals surface area contributed by atoms with Gasteiger partial charge in [0.15, 0.2) is 9.54 Å². The highest BCUT2D eigenvalue weighted by Crippen LogP contribution is 1.84. The quantitative estimate of drug-likeness (QED) is 0.555. The Hall–Kier alpha value is -0.370. The van der Waals surface area contributed by atoms with E-state index in [2.05, 4.69) is 60.6 Å². The van der Waals surface area contributed by atoms with E-state index in [0.29, 0.717) is 14.7 Å². The Labute approximate surface area is 131 Å². The molecule has 7 heteroatoms. The van der Waals surface area contributed by atoms with E-state index in [1.54, 1.807) is 4.90 Å². The molecular formula is C12H24N4S3. The summed E-state index contributed by atoms with van der Waals surface area (Å²) in [5, 5.41) is 0.323. The molecule has 1 aromatic rings. The lowest BCUT2D eigenvalue weighted by Crippen LogP contribution is -3.11. The van der Waals surface area contributed by atoms with Gasteiger partial charge in [0.25, 0.3) is 0 Å². The first-order valence-electron chi connectivity index (χ1n) is 6.74. The minimum Gasteiger partial charge on any atom is -0.742 e. The normalized spacial score (nSPS) is 10.1. The molecule has 1 heterocycles. The van der Waals surface area contributed by atoms with Crippen LogP contribution in [0.5, 0.6) is 0 Å². The maximum atomic E-state index is 4.70. The number of nitrogens with zero attached hydrogens (tertiary/aromatic N) is 1. The summed E-state index contributed by atoms with van der Waals surface area (Å²) in [6.45, 7) is 10.9. The SMILES string of the molecule is CCC[NH+](CCC)CCC.S=c1nc([S-])[nH]c(=S)[nH]1. The van der Waals surface area contributed by atoms with E-state index < -0.39 is 0 Å². The Morgan fingerprint density at radius 3 is 1.79 bits per heavy atom. The molecule has 1 aromatic heterocycles. The van der Waals surface area contributed by atoms with E-state index in [9.17, 15) is 0 Å². The van der Waals surface area contributed by atoms with Crippen molar-refractivity contribution >= 4 is 37.1 Å². The number of nitrogens with one attached hydrogen (secondary N) is 3. The summed E-state index contributed by atoms with van der Waals surface area (Å²) in [7, 11) is 0. The predicted molar refractivity (Wildman–Crippen MR) is 86.7 cm³/mol. The minimum atomic E-state index is 0.323. The van der Waals surface area contributed by atoms with Crippen molar-refractivity contribution in [1.82, 2.24) is 15.0 Å². The van der Waals surface area contributed by atoms with Gasteiger partial charge in [0.05, 0.1) is 19.6 Å². The third-order valence-electron chi connectivity index (χ3n) is 2.45. The van der Waals surface area contributed by atoms with Crippen LogP contribution in [0.3, 0.4) is 0 Å². The van der Waals surface area contributed by atoms with Crippen molar-refractivity contribution in [3.8, 4) is 0 Å². The second-order valence-electron chi connectivity index (χ2n) is 4.30. The first-order chi connectivity index (χ1) is 9.03. The topological polar surface area (TPSA) is 48.9 Å². The maximum Gasteiger partial charge on any atom is 0.198 e. The van der Waals surface area contributed by atoms with Crippen LogP contribution in [0.1, 0.15) is 40.0 Å². The second kappa shape index (κ2) is 11.5. The van der Waals surface area contributed by atoms with Gasteiger partial charge in [-0.3, -0.25) is 0 Å². The van der Waals surface area contributed by atoms with Crippen molar-refractivity contribution in [3.63, 3.8) is 0 Å². The van der Waals surface area contributed by atoms with Crippen LogP contribution >= 0.6 is 24.4 Å². The summed E-state index contributed by atoms with van der Waals surface area (Å²) >= 11 is 14.0. The van der Waals surface area contributed by atoms with Gasteiger partial charge in [0, 0.05) is 0 Å². The zero-order valence-corrected chi connectivity index (χ0v) is 14.4. The van der Waals surface area contributed by atoms with Crippen LogP contribution in [0, 0.1) is 9.54 Å². The van der Waals surface area contributed by atoms with E-state index in [4.69, 9.17) is 12.2 Å². The van der Waals surface area contributed by atoms with Gasteiger partial charge in [-0.15, -0.1) is 0 Å². The average Bonchev–Trinajstić information content (AvgIpc) is 2.28. The van der Waals surface area contributed by atoms with Crippen LogP contribution in [-0.4, -0.2) is 34.6 Å². The van der Waals surface area contributed by atoms with Crippen molar-refractivity contribution < 1.29 is 4.90 Å². The number of hydrogen-bond acceptors (Lipinski definition) is 4. The molecule has 0 spiro atoms. The van der Waals surface area contributed by atoms with Gasteiger partial charge in [-0.25, -0.2) is 4.98 Å². The molecule has 19 heavy (non-hydrogen) atoms. The summed E-state index contributed by atoms with van der Waals surface area (Å²) in [5.41, 5.74) is 0. The molecule has 110 valence electrons. The van der Waals surface area contributed by atoms with Crippen LogP contribution in [-0.2, 0) is 12.6 Å². The number of hydrogen-bond donors (Lipinski definition) is 3. The fraction of sp³-hybridized carbons (Fsp3) is 0.750. The molecule has 0 saturated heterocycles. The van der Waals surface area contributed by atoms with E-state index in [0.717, 1.165) is 0 Å². The van der Waals surface area contributed by atoms with Crippen LogP contribution in [0.15, 0.2) is 5.16 Å². The maximum absolute atomic E-state index is 4.70. The van der Waals surface area contributed by atoms with Gasteiger partial charge >= 0.3 is 0 Å². The second-order valence-corrected chi connectivity index (χ2v) is 5.48. The molecule has 4 nitrogen and oxygen atoms in total. The minimum absolute atomic E-state index is 0.323. The van der Waals surface area contributed by atoms with Crippen LogP contribution in [0.4, 0.5) is 0 Å². The summed E-state index contributed by atoms with van der Waals surface area (Å²) in [5.74, 6) is 0. The van der Waals surface area contributed by atoms with Crippen molar-refractivity contribution in [2.75, 3.05) is 19.6 Å². The van der Waals surface area contributed by atoms with Crippen molar-refractivity contribution in [1.29, 1.82) is 0 Å². The van der Waals surface area contributed by atoms with Gasteiger partial charge in [-0.05, 0) is 48.9 Å². The van der Waals surface area contributed by atoms with E-state index >= 15 is 0 Å².